The summed E-state index contributed by atoms with van der Waals surface area (Å²) >= 11 is 0. The molecule has 0 unspecified atom stereocenters. The number of hydrogen-bond donors (Lipinski definition) is 1. The van der Waals surface area contributed by atoms with E-state index in [9.17, 15) is 13.2 Å². The molecule has 0 fully saturated rings. The van der Waals surface area contributed by atoms with E-state index in [4.69, 9.17) is 0 Å². The van der Waals surface area contributed by atoms with Crippen molar-refractivity contribution >= 4 is 15.9 Å². The number of rotatable bonds is 9. The fourth-order valence-electron chi connectivity index (χ4n) is 3.40. The van der Waals surface area contributed by atoms with Crippen molar-refractivity contribution in [2.45, 2.75) is 59.4 Å². The average molecular weight is 431 g/mol. The monoisotopic (exact) mass is 430 g/mol. The van der Waals surface area contributed by atoms with E-state index in [0.717, 1.165) is 27.8 Å². The van der Waals surface area contributed by atoms with Crippen molar-refractivity contribution in [2.24, 2.45) is 5.92 Å². The van der Waals surface area contributed by atoms with Gasteiger partial charge >= 0.3 is 0 Å². The number of nitrogens with zero attached hydrogens (tertiary/aromatic N) is 1. The maximum atomic E-state index is 13.6. The van der Waals surface area contributed by atoms with Gasteiger partial charge < -0.3 is 5.32 Å². The fourth-order valence-corrected chi connectivity index (χ4v) is 5.38. The third-order valence-corrected chi connectivity index (χ3v) is 7.62. The first-order valence-electron chi connectivity index (χ1n) is 10.4. The molecule has 0 aromatic heterocycles. The second-order valence-corrected chi connectivity index (χ2v) is 10.2. The molecule has 0 aliphatic carbocycles. The van der Waals surface area contributed by atoms with Crippen molar-refractivity contribution in [2.75, 3.05) is 13.1 Å². The largest absolute Gasteiger partial charge is 0.351 e. The molecule has 0 saturated heterocycles. The summed E-state index contributed by atoms with van der Waals surface area (Å²) in [5, 5.41) is 2.85. The molecular weight excluding hydrogens is 396 g/mol. The van der Waals surface area contributed by atoms with Crippen LogP contribution in [0.4, 0.5) is 0 Å². The summed E-state index contributed by atoms with van der Waals surface area (Å²) < 4.78 is 28.6. The van der Waals surface area contributed by atoms with Crippen LogP contribution in [0, 0.1) is 33.6 Å². The quantitative estimate of drug-likeness (QED) is 0.646. The number of benzene rings is 2. The molecule has 30 heavy (non-hydrogen) atoms. The van der Waals surface area contributed by atoms with Crippen molar-refractivity contribution < 1.29 is 13.2 Å². The molecule has 0 saturated carbocycles. The highest BCUT2D eigenvalue weighted by Crippen LogP contribution is 2.29. The minimum atomic E-state index is -3.81. The highest BCUT2D eigenvalue weighted by molar-refractivity contribution is 7.89. The maximum absolute atomic E-state index is 13.6. The lowest BCUT2D eigenvalue weighted by atomic mass is 10.0. The van der Waals surface area contributed by atoms with E-state index in [2.05, 4.69) is 5.32 Å². The first-order chi connectivity index (χ1) is 14.0. The van der Waals surface area contributed by atoms with Gasteiger partial charge in [0, 0.05) is 13.1 Å². The Labute approximate surface area is 181 Å². The van der Waals surface area contributed by atoms with Crippen molar-refractivity contribution in [3.05, 3.63) is 64.2 Å². The third kappa shape index (κ3) is 5.92. The van der Waals surface area contributed by atoms with Gasteiger partial charge in [0.2, 0.25) is 15.9 Å². The SMILES string of the molecule is Cc1cc(C)c(C)c(S(=O)(=O)N(CCC(C)C)CC(=O)NCc2ccccc2)c1C. The van der Waals surface area contributed by atoms with Gasteiger partial charge in [-0.1, -0.05) is 50.2 Å². The number of aryl methyl sites for hydroxylation is 2. The number of sulfonamides is 1. The average Bonchev–Trinajstić information content (AvgIpc) is 2.68. The van der Waals surface area contributed by atoms with Gasteiger partial charge in [-0.15, -0.1) is 0 Å². The molecule has 0 atom stereocenters. The molecular formula is C24H34N2O3S. The lowest BCUT2D eigenvalue weighted by molar-refractivity contribution is -0.121. The molecule has 0 heterocycles. The predicted molar refractivity (Wildman–Crippen MR) is 122 cm³/mol. The Morgan fingerprint density at radius 2 is 1.57 bits per heavy atom. The van der Waals surface area contributed by atoms with Crippen molar-refractivity contribution in [1.82, 2.24) is 9.62 Å². The lowest BCUT2D eigenvalue weighted by Gasteiger charge is -2.25. The third-order valence-electron chi connectivity index (χ3n) is 5.50. The molecule has 0 bridgehead atoms. The Morgan fingerprint density at radius 3 is 2.10 bits per heavy atom. The van der Waals surface area contributed by atoms with E-state index in [-0.39, 0.29) is 12.5 Å². The smallest absolute Gasteiger partial charge is 0.244 e. The van der Waals surface area contributed by atoms with Crippen molar-refractivity contribution in [3.8, 4) is 0 Å². The van der Waals surface area contributed by atoms with Crippen LogP contribution in [0.3, 0.4) is 0 Å². The Balaban J connectivity index is 2.30. The Bertz CT molecular complexity index is 957. The summed E-state index contributed by atoms with van der Waals surface area (Å²) in [7, 11) is -3.81. The van der Waals surface area contributed by atoms with E-state index in [1.165, 1.54) is 4.31 Å². The van der Waals surface area contributed by atoms with Gasteiger partial charge in [-0.05, 0) is 67.9 Å². The molecule has 1 N–H and O–H groups in total. The molecule has 2 aromatic carbocycles. The second-order valence-electron chi connectivity index (χ2n) is 8.37. The number of nitrogens with one attached hydrogen (secondary N) is 1. The molecule has 0 aliphatic rings. The molecule has 5 nitrogen and oxygen atoms in total. The Kier molecular flexibility index (Phi) is 8.21. The number of carbonyl (C=O) groups is 1. The van der Waals surface area contributed by atoms with Crippen LogP contribution in [0.15, 0.2) is 41.3 Å². The van der Waals surface area contributed by atoms with Crippen LogP contribution in [-0.2, 0) is 21.4 Å². The van der Waals surface area contributed by atoms with Gasteiger partial charge in [0.15, 0.2) is 0 Å². The molecule has 164 valence electrons. The molecule has 0 aliphatic heterocycles. The van der Waals surface area contributed by atoms with Gasteiger partial charge in [-0.25, -0.2) is 8.42 Å². The van der Waals surface area contributed by atoms with Gasteiger partial charge in [0.1, 0.15) is 0 Å². The van der Waals surface area contributed by atoms with Crippen LogP contribution in [-0.4, -0.2) is 31.7 Å². The molecule has 0 spiro atoms. The predicted octanol–water partition coefficient (Wildman–Crippen LogP) is 4.27. The second kappa shape index (κ2) is 10.2. The number of amides is 1. The Morgan fingerprint density at radius 1 is 1.00 bits per heavy atom. The Hall–Kier alpha value is -2.18. The molecule has 2 aromatic rings. The normalized spacial score (nSPS) is 11.9. The van der Waals surface area contributed by atoms with Crippen LogP contribution in [0.5, 0.6) is 0 Å². The van der Waals surface area contributed by atoms with Crippen molar-refractivity contribution in [1.29, 1.82) is 0 Å². The zero-order valence-electron chi connectivity index (χ0n) is 19.0. The molecule has 0 radical (unpaired) electrons. The van der Waals surface area contributed by atoms with Crippen LogP contribution in [0.2, 0.25) is 0 Å². The van der Waals surface area contributed by atoms with E-state index in [0.29, 0.717) is 30.3 Å². The van der Waals surface area contributed by atoms with Crippen LogP contribution in [0.25, 0.3) is 0 Å². The summed E-state index contributed by atoms with van der Waals surface area (Å²) in [6.07, 6.45) is 0.689. The van der Waals surface area contributed by atoms with E-state index < -0.39 is 10.0 Å². The first-order valence-corrected chi connectivity index (χ1v) is 11.9. The summed E-state index contributed by atoms with van der Waals surface area (Å²) in [4.78, 5) is 13.0. The highest BCUT2D eigenvalue weighted by Gasteiger charge is 2.30. The summed E-state index contributed by atoms with van der Waals surface area (Å²) in [5.74, 6) is 0.0300. The zero-order chi connectivity index (χ0) is 22.5. The minimum Gasteiger partial charge on any atom is -0.351 e. The van der Waals surface area contributed by atoms with Gasteiger partial charge in [-0.2, -0.15) is 4.31 Å². The summed E-state index contributed by atoms with van der Waals surface area (Å²) in [5.41, 5.74) is 4.35. The summed E-state index contributed by atoms with van der Waals surface area (Å²) in [6, 6.07) is 11.6. The fraction of sp³-hybridized carbons (Fsp3) is 0.458. The number of hydrogen-bond acceptors (Lipinski definition) is 3. The van der Waals surface area contributed by atoms with Crippen LogP contribution >= 0.6 is 0 Å². The van der Waals surface area contributed by atoms with Gasteiger partial charge in [-0.3, -0.25) is 4.79 Å². The standard InChI is InChI=1S/C24H34N2O3S/c1-17(2)12-13-26(16-23(27)25-15-22-10-8-7-9-11-22)30(28,29)24-20(5)18(3)14-19(4)21(24)6/h7-11,14,17H,12-13,15-16H2,1-6H3,(H,25,27). The van der Waals surface area contributed by atoms with Crippen LogP contribution in [0.1, 0.15) is 48.1 Å². The van der Waals surface area contributed by atoms with Crippen molar-refractivity contribution in [3.63, 3.8) is 0 Å². The van der Waals surface area contributed by atoms with E-state index in [1.807, 2.05) is 77.9 Å². The zero-order valence-corrected chi connectivity index (χ0v) is 19.8. The van der Waals surface area contributed by atoms with Gasteiger partial charge in [0.25, 0.3) is 0 Å². The summed E-state index contributed by atoms with van der Waals surface area (Å²) in [6.45, 7) is 12.1. The first kappa shape index (κ1) is 24.1. The topological polar surface area (TPSA) is 66.5 Å². The minimum absolute atomic E-state index is 0.187. The maximum Gasteiger partial charge on any atom is 0.244 e. The van der Waals surface area contributed by atoms with Crippen LogP contribution < -0.4 is 5.32 Å². The molecule has 2 rings (SSSR count). The van der Waals surface area contributed by atoms with E-state index >= 15 is 0 Å². The molecule has 1 amide bonds. The number of carbonyl (C=O) groups excluding carboxylic acids is 1. The van der Waals surface area contributed by atoms with E-state index in [1.54, 1.807) is 0 Å². The lowest BCUT2D eigenvalue weighted by Crippen LogP contribution is -2.41. The van der Waals surface area contributed by atoms with Gasteiger partial charge in [0.05, 0.1) is 11.4 Å². The molecule has 6 heteroatoms. The highest BCUT2D eigenvalue weighted by atomic mass is 32.2.